The minimum Gasteiger partial charge on any atom is -0.507 e. The van der Waals surface area contributed by atoms with Gasteiger partial charge in [-0.2, -0.15) is 0 Å². The van der Waals surface area contributed by atoms with Crippen molar-refractivity contribution in [3.8, 4) is 23.0 Å². The number of aliphatic hydroxyl groups is 1. The SMILES string of the molecule is COc1cc(-c2nnc(C3(F)CCN(C)CC3)o2)c(Cl)c2c1C(=O)[C@@]1(O2)C(O)=CC(=O)C[C@H]1C. The molecule has 1 fully saturated rings. The number of piperidine rings is 1. The van der Waals surface area contributed by atoms with Gasteiger partial charge >= 0.3 is 0 Å². The number of halogens is 2. The van der Waals surface area contributed by atoms with E-state index >= 15 is 4.39 Å². The number of carbonyl (C=O) groups is 2. The van der Waals surface area contributed by atoms with Crippen LogP contribution in [0.4, 0.5) is 4.39 Å². The lowest BCUT2D eigenvalue weighted by molar-refractivity contribution is -0.118. The Labute approximate surface area is 199 Å². The van der Waals surface area contributed by atoms with E-state index in [0.29, 0.717) is 13.1 Å². The molecular formula is C23H23ClFN3O6. The standard InChI is InChI=1S/C23H23ClFN3O6/c1-11-8-12(29)9-15(30)23(11)19(31)16-14(32-3)10-13(17(24)18(16)34-23)20-26-27-21(33-20)22(25)4-6-28(2)7-5-22/h9-11,30H,4-8H2,1-3H3/t11-,23+/m1/s1. The first-order valence-electron chi connectivity index (χ1n) is 10.9. The van der Waals surface area contributed by atoms with Crippen molar-refractivity contribution < 1.29 is 33.0 Å². The number of fused-ring (bicyclic) bond motifs is 1. The third kappa shape index (κ3) is 3.15. The molecule has 0 saturated carbocycles. The fourth-order valence-electron chi connectivity index (χ4n) is 4.84. The zero-order valence-electron chi connectivity index (χ0n) is 18.9. The number of alkyl halides is 1. The van der Waals surface area contributed by atoms with Crippen LogP contribution in [0.3, 0.4) is 0 Å². The van der Waals surface area contributed by atoms with Crippen LogP contribution in [0.2, 0.25) is 5.02 Å². The third-order valence-corrected chi connectivity index (χ3v) is 7.31. The summed E-state index contributed by atoms with van der Waals surface area (Å²) < 4.78 is 32.6. The molecule has 3 aliphatic rings. The number of carbonyl (C=O) groups excluding carboxylic acids is 2. The lowest BCUT2D eigenvalue weighted by Crippen LogP contribution is -2.51. The van der Waals surface area contributed by atoms with E-state index in [1.165, 1.54) is 13.2 Å². The number of aliphatic hydroxyl groups excluding tert-OH is 1. The molecule has 3 heterocycles. The van der Waals surface area contributed by atoms with Crippen molar-refractivity contribution in [1.82, 2.24) is 15.1 Å². The summed E-state index contributed by atoms with van der Waals surface area (Å²) >= 11 is 6.63. The number of hydrogen-bond acceptors (Lipinski definition) is 9. The van der Waals surface area contributed by atoms with E-state index < -0.39 is 28.7 Å². The number of nitrogens with zero attached hydrogens (tertiary/aromatic N) is 3. The van der Waals surface area contributed by atoms with Crippen molar-refractivity contribution in [2.24, 2.45) is 5.92 Å². The fourth-order valence-corrected chi connectivity index (χ4v) is 5.11. The molecule has 1 spiro atoms. The number of ketones is 2. The molecule has 180 valence electrons. The van der Waals surface area contributed by atoms with E-state index in [0.717, 1.165) is 6.08 Å². The number of ether oxygens (including phenoxy) is 2. The van der Waals surface area contributed by atoms with Gasteiger partial charge in [-0.05, 0) is 13.1 Å². The van der Waals surface area contributed by atoms with Gasteiger partial charge in [-0.1, -0.05) is 18.5 Å². The van der Waals surface area contributed by atoms with Crippen LogP contribution in [0.1, 0.15) is 42.4 Å². The van der Waals surface area contributed by atoms with Gasteiger partial charge in [0, 0.05) is 44.3 Å². The molecular weight excluding hydrogens is 469 g/mol. The number of benzene rings is 1. The van der Waals surface area contributed by atoms with E-state index in [4.69, 9.17) is 25.5 Å². The van der Waals surface area contributed by atoms with Gasteiger partial charge in [0.15, 0.2) is 17.2 Å². The van der Waals surface area contributed by atoms with Gasteiger partial charge in [0.2, 0.25) is 17.3 Å². The molecule has 2 atom stereocenters. The van der Waals surface area contributed by atoms with Gasteiger partial charge in [0.25, 0.3) is 5.89 Å². The maximum absolute atomic E-state index is 15.5. The van der Waals surface area contributed by atoms with Crippen LogP contribution in [0, 0.1) is 5.92 Å². The van der Waals surface area contributed by atoms with Crippen LogP contribution in [0.25, 0.3) is 11.5 Å². The summed E-state index contributed by atoms with van der Waals surface area (Å²) in [6.07, 6.45) is 1.44. The topological polar surface area (TPSA) is 115 Å². The predicted molar refractivity (Wildman–Crippen MR) is 118 cm³/mol. The molecule has 1 N–H and O–H groups in total. The number of allylic oxidation sites excluding steroid dienone is 1. The molecule has 5 rings (SSSR count). The van der Waals surface area contributed by atoms with Crippen LogP contribution in [-0.2, 0) is 10.5 Å². The third-order valence-electron chi connectivity index (χ3n) is 6.93. The Morgan fingerprint density at radius 3 is 2.65 bits per heavy atom. The molecule has 1 aromatic carbocycles. The maximum Gasteiger partial charge on any atom is 0.254 e. The van der Waals surface area contributed by atoms with Gasteiger partial charge in [0.1, 0.15) is 17.1 Å². The first-order valence-corrected chi connectivity index (χ1v) is 11.3. The van der Waals surface area contributed by atoms with E-state index in [-0.39, 0.29) is 64.5 Å². The Morgan fingerprint density at radius 1 is 1.29 bits per heavy atom. The maximum atomic E-state index is 15.5. The molecule has 2 aliphatic heterocycles. The normalized spacial score (nSPS) is 26.4. The number of aromatic nitrogens is 2. The summed E-state index contributed by atoms with van der Waals surface area (Å²) in [7, 11) is 3.28. The highest BCUT2D eigenvalue weighted by atomic mass is 35.5. The summed E-state index contributed by atoms with van der Waals surface area (Å²) in [6, 6.07) is 1.44. The molecule has 34 heavy (non-hydrogen) atoms. The number of Topliss-reactive ketones (excluding diaryl/α,β-unsaturated/α-hetero) is 1. The number of methoxy groups -OCH3 is 1. The zero-order valence-corrected chi connectivity index (χ0v) is 19.6. The molecule has 9 nitrogen and oxygen atoms in total. The largest absolute Gasteiger partial charge is 0.507 e. The summed E-state index contributed by atoms with van der Waals surface area (Å²) in [4.78, 5) is 27.4. The zero-order chi connectivity index (χ0) is 24.4. The van der Waals surface area contributed by atoms with E-state index in [9.17, 15) is 14.7 Å². The molecule has 0 amide bonds. The van der Waals surface area contributed by atoms with Crippen molar-refractivity contribution >= 4 is 23.2 Å². The molecule has 11 heteroatoms. The van der Waals surface area contributed by atoms with Gasteiger partial charge in [-0.25, -0.2) is 4.39 Å². The second kappa shape index (κ2) is 7.78. The van der Waals surface area contributed by atoms with Crippen LogP contribution in [-0.4, -0.2) is 64.6 Å². The molecule has 0 unspecified atom stereocenters. The molecule has 0 bridgehead atoms. The van der Waals surface area contributed by atoms with E-state index in [2.05, 4.69) is 10.2 Å². The number of rotatable bonds is 3. The molecule has 1 aromatic heterocycles. The number of hydrogen-bond donors (Lipinski definition) is 1. The van der Waals surface area contributed by atoms with Crippen LogP contribution in [0.5, 0.6) is 11.5 Å². The molecule has 0 radical (unpaired) electrons. The van der Waals surface area contributed by atoms with Gasteiger partial charge < -0.3 is 23.9 Å². The highest BCUT2D eigenvalue weighted by molar-refractivity contribution is 6.36. The van der Waals surface area contributed by atoms with Crippen LogP contribution in [0.15, 0.2) is 22.3 Å². The Hall–Kier alpha value is -2.98. The van der Waals surface area contributed by atoms with Gasteiger partial charge in [0.05, 0.1) is 17.7 Å². The summed E-state index contributed by atoms with van der Waals surface area (Å²) in [5.41, 5.74) is -3.31. The summed E-state index contributed by atoms with van der Waals surface area (Å²) in [6.45, 7) is 2.74. The fraction of sp³-hybridized carbons (Fsp3) is 0.478. The highest BCUT2D eigenvalue weighted by Gasteiger charge is 2.59. The average Bonchev–Trinajstić information content (AvgIpc) is 3.40. The Balaban J connectivity index is 1.58. The Bertz CT molecular complexity index is 1240. The smallest absolute Gasteiger partial charge is 0.254 e. The quantitative estimate of drug-likeness (QED) is 0.686. The monoisotopic (exact) mass is 491 g/mol. The van der Waals surface area contributed by atoms with Gasteiger partial charge in [-0.15, -0.1) is 10.2 Å². The van der Waals surface area contributed by atoms with Crippen molar-refractivity contribution in [1.29, 1.82) is 0 Å². The lowest BCUT2D eigenvalue weighted by Gasteiger charge is -2.34. The van der Waals surface area contributed by atoms with Crippen LogP contribution >= 0.6 is 11.6 Å². The number of likely N-dealkylation sites (tertiary alicyclic amines) is 1. The van der Waals surface area contributed by atoms with Gasteiger partial charge in [-0.3, -0.25) is 9.59 Å². The predicted octanol–water partition coefficient (Wildman–Crippen LogP) is 3.65. The Morgan fingerprint density at radius 2 is 2.00 bits per heavy atom. The first-order chi connectivity index (χ1) is 16.1. The van der Waals surface area contributed by atoms with Crippen molar-refractivity contribution in [2.75, 3.05) is 27.2 Å². The Kier molecular flexibility index (Phi) is 5.21. The van der Waals surface area contributed by atoms with Crippen molar-refractivity contribution in [3.05, 3.63) is 34.4 Å². The van der Waals surface area contributed by atoms with Crippen molar-refractivity contribution in [2.45, 2.75) is 37.5 Å². The second-order valence-electron chi connectivity index (χ2n) is 9.09. The molecule has 2 aromatic rings. The van der Waals surface area contributed by atoms with Crippen LogP contribution < -0.4 is 9.47 Å². The van der Waals surface area contributed by atoms with E-state index in [1.54, 1.807) is 6.92 Å². The average molecular weight is 492 g/mol. The lowest BCUT2D eigenvalue weighted by atomic mass is 9.75. The highest BCUT2D eigenvalue weighted by Crippen LogP contribution is 2.54. The van der Waals surface area contributed by atoms with E-state index in [1.807, 2.05) is 11.9 Å². The van der Waals surface area contributed by atoms with Crippen molar-refractivity contribution in [3.63, 3.8) is 0 Å². The molecule has 1 saturated heterocycles. The molecule has 1 aliphatic carbocycles. The minimum absolute atomic E-state index is 0.0113. The first kappa shape index (κ1) is 22.8. The minimum atomic E-state index is -1.79. The second-order valence-corrected chi connectivity index (χ2v) is 9.47. The summed E-state index contributed by atoms with van der Waals surface area (Å²) in [5, 5.41) is 18.5. The summed E-state index contributed by atoms with van der Waals surface area (Å²) in [5.74, 6) is -2.13.